The number of hydrogen-bond acceptors (Lipinski definition) is 5. The molecular formula is C29H25BrN2O5. The first-order chi connectivity index (χ1) is 18.0. The van der Waals surface area contributed by atoms with E-state index in [0.29, 0.717) is 17.4 Å². The summed E-state index contributed by atoms with van der Waals surface area (Å²) in [6.45, 7) is 0.215. The maximum absolute atomic E-state index is 14.2. The van der Waals surface area contributed by atoms with Gasteiger partial charge in [-0.15, -0.1) is 0 Å². The first-order valence-corrected chi connectivity index (χ1v) is 12.8. The molecule has 5 rings (SSSR count). The van der Waals surface area contributed by atoms with Crippen molar-refractivity contribution in [2.24, 2.45) is 0 Å². The molecule has 1 N–H and O–H groups in total. The van der Waals surface area contributed by atoms with Crippen LogP contribution in [0.15, 0.2) is 89.5 Å². The normalized spacial score (nSPS) is 17.1. The van der Waals surface area contributed by atoms with Gasteiger partial charge in [-0.2, -0.15) is 0 Å². The van der Waals surface area contributed by atoms with Crippen LogP contribution in [-0.2, 0) is 27.5 Å². The zero-order valence-electron chi connectivity index (χ0n) is 20.0. The minimum absolute atomic E-state index is 0.0129. The van der Waals surface area contributed by atoms with Gasteiger partial charge < -0.3 is 14.5 Å². The van der Waals surface area contributed by atoms with Crippen LogP contribution in [0, 0.1) is 0 Å². The van der Waals surface area contributed by atoms with Crippen LogP contribution in [0.2, 0.25) is 0 Å². The van der Waals surface area contributed by atoms with Crippen molar-refractivity contribution < 1.29 is 23.9 Å². The van der Waals surface area contributed by atoms with Crippen molar-refractivity contribution in [3.8, 4) is 0 Å². The highest BCUT2D eigenvalue weighted by Gasteiger charge is 2.58. The van der Waals surface area contributed by atoms with Gasteiger partial charge in [0.15, 0.2) is 0 Å². The zero-order valence-corrected chi connectivity index (χ0v) is 21.6. The summed E-state index contributed by atoms with van der Waals surface area (Å²) in [5, 5.41) is 0.652. The van der Waals surface area contributed by atoms with Gasteiger partial charge in [-0.1, -0.05) is 76.6 Å². The molecule has 2 heterocycles. The zero-order chi connectivity index (χ0) is 25.8. The number of H-pyrrole nitrogens is 1. The van der Waals surface area contributed by atoms with Gasteiger partial charge in [0, 0.05) is 33.7 Å². The second-order valence-corrected chi connectivity index (χ2v) is 9.85. The van der Waals surface area contributed by atoms with Crippen LogP contribution in [-0.4, -0.2) is 39.8 Å². The van der Waals surface area contributed by atoms with Gasteiger partial charge in [0.25, 0.3) is 0 Å². The number of hydrogen-bond donors (Lipinski definition) is 1. The third-order valence-corrected chi connectivity index (χ3v) is 7.11. The summed E-state index contributed by atoms with van der Waals surface area (Å²) in [6.07, 6.45) is 1.45. The highest BCUT2D eigenvalue weighted by Crippen LogP contribution is 2.37. The minimum atomic E-state index is -1.83. The highest BCUT2D eigenvalue weighted by atomic mass is 79.9. The van der Waals surface area contributed by atoms with Crippen molar-refractivity contribution in [3.05, 3.63) is 106 Å². The third kappa shape index (κ3) is 4.89. The molecule has 0 unspecified atom stereocenters. The maximum atomic E-state index is 14.2. The number of Topliss-reactive ketones (excluding diaryl/α,β-unsaturated/α-hetero) is 1. The summed E-state index contributed by atoms with van der Waals surface area (Å²) in [5.41, 5.74) is 0.817. The molecule has 1 amide bonds. The summed E-state index contributed by atoms with van der Waals surface area (Å²) in [6, 6.07) is 24.0. The number of aromatic nitrogens is 1. The number of halogens is 1. The van der Waals surface area contributed by atoms with E-state index in [4.69, 9.17) is 9.47 Å². The summed E-state index contributed by atoms with van der Waals surface area (Å²) < 4.78 is 12.0. The fourth-order valence-electron chi connectivity index (χ4n) is 4.75. The molecule has 7 nitrogen and oxygen atoms in total. The lowest BCUT2D eigenvalue weighted by molar-refractivity contribution is -0.154. The molecule has 0 radical (unpaired) electrons. The van der Waals surface area contributed by atoms with E-state index in [1.54, 1.807) is 6.20 Å². The van der Waals surface area contributed by atoms with Crippen LogP contribution in [0.3, 0.4) is 0 Å². The fourth-order valence-corrected chi connectivity index (χ4v) is 5.11. The molecule has 37 heavy (non-hydrogen) atoms. The first kappa shape index (κ1) is 24.8. The van der Waals surface area contributed by atoms with E-state index in [-0.39, 0.29) is 26.2 Å². The number of nitrogens with one attached hydrogen (secondary N) is 1. The SMILES string of the molecule is O=C(OCc1ccccc1)N1CCC[C@]1(C(=O)OCc1ccccc1)C(=O)c1c[nH]c2ccc(Br)cc12. The van der Waals surface area contributed by atoms with E-state index in [1.165, 1.54) is 4.90 Å². The predicted octanol–water partition coefficient (Wildman–Crippen LogP) is 6.03. The first-order valence-electron chi connectivity index (χ1n) is 12.0. The van der Waals surface area contributed by atoms with Crippen LogP contribution in [0.4, 0.5) is 4.79 Å². The third-order valence-electron chi connectivity index (χ3n) is 6.62. The molecule has 1 aliphatic heterocycles. The molecular weight excluding hydrogens is 536 g/mol. The Morgan fingerprint density at radius 3 is 2.22 bits per heavy atom. The number of fused-ring (bicyclic) bond motifs is 1. The Hall–Kier alpha value is -3.91. The van der Waals surface area contributed by atoms with Gasteiger partial charge in [-0.25, -0.2) is 9.59 Å². The van der Waals surface area contributed by atoms with Crippen molar-refractivity contribution in [2.45, 2.75) is 31.6 Å². The lowest BCUT2D eigenvalue weighted by atomic mass is 9.86. The molecule has 0 bridgehead atoms. The number of esters is 1. The van der Waals surface area contributed by atoms with Crippen LogP contribution in [0.1, 0.15) is 34.3 Å². The number of carbonyl (C=O) groups excluding carboxylic acids is 3. The summed E-state index contributed by atoms with van der Waals surface area (Å²) >= 11 is 3.45. The van der Waals surface area contributed by atoms with Gasteiger partial charge >= 0.3 is 12.1 Å². The number of ether oxygens (including phenoxy) is 2. The Labute approximate surface area is 222 Å². The minimum Gasteiger partial charge on any atom is -0.459 e. The largest absolute Gasteiger partial charge is 0.459 e. The number of ketones is 1. The molecule has 188 valence electrons. The molecule has 1 fully saturated rings. The number of aromatic amines is 1. The van der Waals surface area contributed by atoms with E-state index in [9.17, 15) is 14.4 Å². The summed E-state index contributed by atoms with van der Waals surface area (Å²) in [4.78, 5) is 45.6. The van der Waals surface area contributed by atoms with E-state index in [2.05, 4.69) is 20.9 Å². The average Bonchev–Trinajstić information content (AvgIpc) is 3.56. The van der Waals surface area contributed by atoms with E-state index in [0.717, 1.165) is 21.1 Å². The second-order valence-electron chi connectivity index (χ2n) is 8.94. The monoisotopic (exact) mass is 560 g/mol. The Kier molecular flexibility index (Phi) is 7.10. The molecule has 0 aliphatic carbocycles. The molecule has 1 saturated heterocycles. The van der Waals surface area contributed by atoms with Crippen LogP contribution < -0.4 is 0 Å². The number of nitrogens with zero attached hydrogens (tertiary/aromatic N) is 1. The molecule has 1 aliphatic rings. The molecule has 0 saturated carbocycles. The van der Waals surface area contributed by atoms with Crippen LogP contribution in [0.5, 0.6) is 0 Å². The van der Waals surface area contributed by atoms with Crippen LogP contribution >= 0.6 is 15.9 Å². The van der Waals surface area contributed by atoms with E-state index >= 15 is 0 Å². The molecule has 8 heteroatoms. The summed E-state index contributed by atoms with van der Waals surface area (Å²) in [7, 11) is 0. The molecule has 1 aromatic heterocycles. The lowest BCUT2D eigenvalue weighted by Crippen LogP contribution is -2.59. The van der Waals surface area contributed by atoms with Crippen molar-refractivity contribution in [2.75, 3.05) is 6.54 Å². The molecule has 3 aromatic carbocycles. The number of benzene rings is 3. The summed E-state index contributed by atoms with van der Waals surface area (Å²) in [5.74, 6) is -1.26. The van der Waals surface area contributed by atoms with Crippen molar-refractivity contribution in [1.29, 1.82) is 0 Å². The van der Waals surface area contributed by atoms with Crippen molar-refractivity contribution >= 4 is 44.7 Å². The Morgan fingerprint density at radius 1 is 0.892 bits per heavy atom. The van der Waals surface area contributed by atoms with Gasteiger partial charge in [0.2, 0.25) is 11.3 Å². The molecule has 1 atom stereocenters. The Balaban J connectivity index is 1.49. The van der Waals surface area contributed by atoms with Gasteiger partial charge in [-0.05, 0) is 42.2 Å². The Bertz CT molecular complexity index is 1440. The van der Waals surface area contributed by atoms with E-state index < -0.39 is 23.4 Å². The number of amides is 1. The molecule has 0 spiro atoms. The highest BCUT2D eigenvalue weighted by molar-refractivity contribution is 9.10. The van der Waals surface area contributed by atoms with Crippen molar-refractivity contribution in [1.82, 2.24) is 9.88 Å². The topological polar surface area (TPSA) is 88.7 Å². The molecule has 4 aromatic rings. The fraction of sp³-hybridized carbons (Fsp3) is 0.207. The van der Waals surface area contributed by atoms with Gasteiger partial charge in [0.1, 0.15) is 13.2 Å². The van der Waals surface area contributed by atoms with Gasteiger partial charge in [0.05, 0.1) is 0 Å². The maximum Gasteiger partial charge on any atom is 0.411 e. The smallest absolute Gasteiger partial charge is 0.411 e. The average molecular weight is 561 g/mol. The standard InChI is InChI=1S/C29H25BrN2O5/c30-22-12-13-25-23(16-22)24(17-31-25)26(33)29(27(34)36-18-20-8-3-1-4-9-20)14-7-15-32(29)28(35)37-19-21-10-5-2-6-11-21/h1-6,8-13,16-17,31H,7,14-15,18-19H2/t29-/m1/s1. The van der Waals surface area contributed by atoms with Crippen LogP contribution in [0.25, 0.3) is 10.9 Å². The number of carbonyl (C=O) groups is 3. The quantitative estimate of drug-likeness (QED) is 0.169. The lowest BCUT2D eigenvalue weighted by Gasteiger charge is -2.34. The van der Waals surface area contributed by atoms with Gasteiger partial charge in [-0.3, -0.25) is 9.69 Å². The number of likely N-dealkylation sites (tertiary alicyclic amines) is 1. The van der Waals surface area contributed by atoms with E-state index in [1.807, 2.05) is 78.9 Å². The Morgan fingerprint density at radius 2 is 1.54 bits per heavy atom. The van der Waals surface area contributed by atoms with Crippen molar-refractivity contribution in [3.63, 3.8) is 0 Å². The predicted molar refractivity (Wildman–Crippen MR) is 142 cm³/mol. The number of rotatable bonds is 7. The second kappa shape index (κ2) is 10.6.